The van der Waals surface area contributed by atoms with Crippen molar-refractivity contribution in [1.82, 2.24) is 5.53 Å². The molecular weight excluding hydrogens is 90.1 g/mol. The van der Waals surface area contributed by atoms with Crippen LogP contribution in [0.15, 0.2) is 5.10 Å². The van der Waals surface area contributed by atoms with Gasteiger partial charge in [0.1, 0.15) is 0 Å². The number of hydrazone groups is 1. The van der Waals surface area contributed by atoms with Crippen molar-refractivity contribution in [3.05, 3.63) is 0 Å². The van der Waals surface area contributed by atoms with Gasteiger partial charge in [-0.25, -0.2) is 11.4 Å². The maximum absolute atomic E-state index is 4.87. The maximum atomic E-state index is 4.87. The number of nitrogens with two attached hydrogens (primary N) is 1. The van der Waals surface area contributed by atoms with Gasteiger partial charge in [-0.2, -0.15) is 5.10 Å². The SMILES string of the molecule is CC/C(C)=N\NN. The largest absolute Gasteiger partial charge is 0.246 e. The van der Waals surface area contributed by atoms with Gasteiger partial charge in [0.25, 0.3) is 0 Å². The van der Waals surface area contributed by atoms with Gasteiger partial charge in [-0.1, -0.05) is 6.92 Å². The molecule has 0 aliphatic heterocycles. The Hall–Kier alpha value is -0.570. The predicted molar refractivity (Wildman–Crippen MR) is 30.7 cm³/mol. The average Bonchev–Trinajstić information content (AvgIpc) is 1.68. The van der Waals surface area contributed by atoms with Gasteiger partial charge in [-0.3, -0.25) is 0 Å². The molecule has 0 saturated heterocycles. The van der Waals surface area contributed by atoms with Crippen molar-refractivity contribution in [3.8, 4) is 0 Å². The number of hydrogen-bond acceptors (Lipinski definition) is 3. The van der Waals surface area contributed by atoms with Gasteiger partial charge in [-0.05, 0) is 13.3 Å². The fourth-order valence-corrected chi connectivity index (χ4v) is 0.189. The molecule has 0 aromatic rings. The van der Waals surface area contributed by atoms with E-state index >= 15 is 0 Å². The molecule has 0 rings (SSSR count). The summed E-state index contributed by atoms with van der Waals surface area (Å²) in [5.41, 5.74) is 3.22. The molecule has 0 fully saturated rings. The monoisotopic (exact) mass is 101 g/mol. The van der Waals surface area contributed by atoms with Crippen LogP contribution in [0.4, 0.5) is 0 Å². The van der Waals surface area contributed by atoms with E-state index in [0.717, 1.165) is 12.1 Å². The Kier molecular flexibility index (Phi) is 3.32. The van der Waals surface area contributed by atoms with Gasteiger partial charge in [0, 0.05) is 5.71 Å². The molecule has 3 nitrogen and oxygen atoms in total. The second-order valence-corrected chi connectivity index (χ2v) is 1.33. The highest BCUT2D eigenvalue weighted by Crippen LogP contribution is 1.77. The van der Waals surface area contributed by atoms with E-state index in [1.165, 1.54) is 0 Å². The molecule has 0 atom stereocenters. The Labute approximate surface area is 43.6 Å². The molecule has 0 bridgehead atoms. The van der Waals surface area contributed by atoms with E-state index in [1.807, 2.05) is 13.8 Å². The van der Waals surface area contributed by atoms with E-state index < -0.39 is 0 Å². The molecule has 0 aliphatic carbocycles. The molecule has 7 heavy (non-hydrogen) atoms. The summed E-state index contributed by atoms with van der Waals surface area (Å²) in [4.78, 5) is 0. The van der Waals surface area contributed by atoms with Crippen LogP contribution in [0.2, 0.25) is 0 Å². The van der Waals surface area contributed by atoms with Crippen LogP contribution in [-0.2, 0) is 0 Å². The molecular formula is C4H11N3. The van der Waals surface area contributed by atoms with Crippen LogP contribution in [0.3, 0.4) is 0 Å². The summed E-state index contributed by atoms with van der Waals surface area (Å²) < 4.78 is 0. The Balaban J connectivity index is 3.29. The van der Waals surface area contributed by atoms with Crippen molar-refractivity contribution >= 4 is 5.71 Å². The highest BCUT2D eigenvalue weighted by Gasteiger charge is 1.78. The quantitative estimate of drug-likeness (QED) is 0.297. The van der Waals surface area contributed by atoms with Gasteiger partial charge in [0.15, 0.2) is 0 Å². The molecule has 42 valence electrons. The Morgan fingerprint density at radius 3 is 2.57 bits per heavy atom. The van der Waals surface area contributed by atoms with Crippen molar-refractivity contribution in [3.63, 3.8) is 0 Å². The van der Waals surface area contributed by atoms with E-state index in [0.29, 0.717) is 0 Å². The van der Waals surface area contributed by atoms with Crippen LogP contribution in [-0.4, -0.2) is 5.71 Å². The third kappa shape index (κ3) is 3.26. The summed E-state index contributed by atoms with van der Waals surface area (Å²) in [5, 5.41) is 3.69. The zero-order valence-corrected chi connectivity index (χ0v) is 4.73. The molecule has 0 aliphatic rings. The molecule has 3 heteroatoms. The Bertz CT molecular complexity index is 67.3. The second kappa shape index (κ2) is 3.61. The third-order valence-corrected chi connectivity index (χ3v) is 0.767. The molecule has 0 radical (unpaired) electrons. The minimum atomic E-state index is 0.949. The molecule has 3 N–H and O–H groups in total. The van der Waals surface area contributed by atoms with Crippen LogP contribution in [0.25, 0.3) is 0 Å². The summed E-state index contributed by atoms with van der Waals surface area (Å²) in [7, 11) is 0. The summed E-state index contributed by atoms with van der Waals surface area (Å²) in [6.45, 7) is 3.94. The van der Waals surface area contributed by atoms with E-state index in [9.17, 15) is 0 Å². The highest BCUT2D eigenvalue weighted by molar-refractivity contribution is 5.81. The lowest BCUT2D eigenvalue weighted by Crippen LogP contribution is -2.15. The Morgan fingerprint density at radius 1 is 1.86 bits per heavy atom. The van der Waals surface area contributed by atoms with E-state index in [4.69, 9.17) is 5.84 Å². The first kappa shape index (κ1) is 6.43. The summed E-state index contributed by atoms with van der Waals surface area (Å²) in [5.74, 6) is 4.87. The summed E-state index contributed by atoms with van der Waals surface area (Å²) >= 11 is 0. The molecule has 0 aromatic heterocycles. The summed E-state index contributed by atoms with van der Waals surface area (Å²) in [6.07, 6.45) is 0.949. The Morgan fingerprint density at radius 2 is 2.43 bits per heavy atom. The van der Waals surface area contributed by atoms with Gasteiger partial charge < -0.3 is 0 Å². The topological polar surface area (TPSA) is 50.4 Å². The van der Waals surface area contributed by atoms with Crippen LogP contribution in [0.5, 0.6) is 0 Å². The minimum Gasteiger partial charge on any atom is -0.246 e. The minimum absolute atomic E-state index is 0.949. The zero-order chi connectivity index (χ0) is 5.70. The van der Waals surface area contributed by atoms with Gasteiger partial charge in [0.05, 0.1) is 0 Å². The van der Waals surface area contributed by atoms with Crippen LogP contribution in [0.1, 0.15) is 20.3 Å². The van der Waals surface area contributed by atoms with Crippen molar-refractivity contribution in [2.75, 3.05) is 0 Å². The first-order valence-corrected chi connectivity index (χ1v) is 2.30. The number of nitrogens with one attached hydrogen (secondary N) is 1. The lowest BCUT2D eigenvalue weighted by atomic mass is 10.3. The lowest BCUT2D eigenvalue weighted by Gasteiger charge is -1.90. The number of hydrazine groups is 1. The molecule has 0 amide bonds. The number of hydrogen-bond donors (Lipinski definition) is 2. The van der Waals surface area contributed by atoms with Crippen molar-refractivity contribution < 1.29 is 0 Å². The van der Waals surface area contributed by atoms with Crippen LogP contribution in [0, 0.1) is 0 Å². The number of nitrogens with zero attached hydrogens (tertiary/aromatic N) is 1. The van der Waals surface area contributed by atoms with Crippen molar-refractivity contribution in [1.29, 1.82) is 0 Å². The summed E-state index contributed by atoms with van der Waals surface area (Å²) in [6, 6.07) is 0. The molecule has 0 spiro atoms. The second-order valence-electron chi connectivity index (χ2n) is 1.33. The van der Waals surface area contributed by atoms with Gasteiger partial charge >= 0.3 is 0 Å². The normalized spacial score (nSPS) is 11.6. The van der Waals surface area contributed by atoms with E-state index in [-0.39, 0.29) is 0 Å². The maximum Gasteiger partial charge on any atom is 0.0360 e. The predicted octanol–water partition coefficient (Wildman–Crippen LogP) is 0.236. The van der Waals surface area contributed by atoms with Gasteiger partial charge in [-0.15, -0.1) is 0 Å². The van der Waals surface area contributed by atoms with Crippen LogP contribution < -0.4 is 11.4 Å². The first-order valence-electron chi connectivity index (χ1n) is 2.30. The lowest BCUT2D eigenvalue weighted by molar-refractivity contribution is 0.799. The van der Waals surface area contributed by atoms with Crippen molar-refractivity contribution in [2.24, 2.45) is 10.9 Å². The highest BCUT2D eigenvalue weighted by atomic mass is 15.5. The number of rotatable bonds is 2. The zero-order valence-electron chi connectivity index (χ0n) is 4.73. The average molecular weight is 101 g/mol. The van der Waals surface area contributed by atoms with Crippen molar-refractivity contribution in [2.45, 2.75) is 20.3 Å². The molecule has 0 saturated carbocycles. The standard InChI is InChI=1S/C4H11N3/c1-3-4(2)6-7-5/h7H,3,5H2,1-2H3/b6-4-. The fourth-order valence-electron chi connectivity index (χ4n) is 0.189. The van der Waals surface area contributed by atoms with Crippen LogP contribution >= 0.6 is 0 Å². The van der Waals surface area contributed by atoms with E-state index in [1.54, 1.807) is 0 Å². The van der Waals surface area contributed by atoms with Gasteiger partial charge in [0.2, 0.25) is 0 Å². The fraction of sp³-hybridized carbons (Fsp3) is 0.750. The molecule has 0 unspecified atom stereocenters. The third-order valence-electron chi connectivity index (χ3n) is 0.767. The van der Waals surface area contributed by atoms with E-state index in [2.05, 4.69) is 10.6 Å². The smallest absolute Gasteiger partial charge is 0.0360 e. The molecule has 0 aromatic carbocycles. The first-order chi connectivity index (χ1) is 3.31. The molecule has 0 heterocycles.